The summed E-state index contributed by atoms with van der Waals surface area (Å²) in [5.74, 6) is -1.79. The smallest absolute Gasteiger partial charge is 0.334 e. The van der Waals surface area contributed by atoms with Gasteiger partial charge in [-0.05, 0) is 35.8 Å². The number of carboxylic acid groups (broad SMARTS) is 1. The maximum absolute atomic E-state index is 11.9. The molecule has 0 spiro atoms. The molecule has 0 saturated heterocycles. The van der Waals surface area contributed by atoms with Crippen LogP contribution in [0.3, 0.4) is 0 Å². The zero-order valence-electron chi connectivity index (χ0n) is 10.1. The van der Waals surface area contributed by atoms with Crippen LogP contribution in [0.15, 0.2) is 16.7 Å². The maximum Gasteiger partial charge on any atom is 0.334 e. The first kappa shape index (κ1) is 14.7. The lowest BCUT2D eigenvalue weighted by atomic mass is 10.3. The van der Waals surface area contributed by atoms with Gasteiger partial charge in [-0.3, -0.25) is 4.79 Å². The topological polar surface area (TPSA) is 91.6 Å². The second kappa shape index (κ2) is 6.01. The van der Waals surface area contributed by atoms with Crippen molar-refractivity contribution in [2.45, 2.75) is 26.0 Å². The van der Waals surface area contributed by atoms with E-state index in [4.69, 9.17) is 10.2 Å². The highest BCUT2D eigenvalue weighted by atomic mass is 79.9. The quantitative estimate of drug-likeness (QED) is 0.755. The van der Waals surface area contributed by atoms with Crippen LogP contribution in [0.4, 0.5) is 0 Å². The second-order valence-electron chi connectivity index (χ2n) is 4.11. The number of amides is 1. The number of rotatable bonds is 5. The number of halogens is 1. The Morgan fingerprint density at radius 1 is 1.50 bits per heavy atom. The standard InChI is InChI=1S/C11H15BrN2O4/c1-6(2)14-5-7(12)3-8(14)10(16)13-4-9(15)11(17)18/h3,5-6,9,15H,4H2,1-2H3,(H,13,16)(H,17,18). The van der Waals surface area contributed by atoms with Crippen molar-refractivity contribution in [1.29, 1.82) is 0 Å². The first-order valence-corrected chi connectivity index (χ1v) is 6.18. The average Bonchev–Trinajstić information content (AvgIpc) is 2.67. The highest BCUT2D eigenvalue weighted by Gasteiger charge is 2.18. The molecule has 0 aromatic carbocycles. The predicted octanol–water partition coefficient (Wildman–Crippen LogP) is 1.01. The normalized spacial score (nSPS) is 12.5. The number of nitrogens with zero attached hydrogens (tertiary/aromatic N) is 1. The first-order chi connectivity index (χ1) is 8.32. The van der Waals surface area contributed by atoms with E-state index in [9.17, 15) is 9.59 Å². The van der Waals surface area contributed by atoms with Crippen molar-refractivity contribution in [3.05, 3.63) is 22.4 Å². The summed E-state index contributed by atoms with van der Waals surface area (Å²) in [6.07, 6.45) is 0.174. The average molecular weight is 319 g/mol. The lowest BCUT2D eigenvalue weighted by Gasteiger charge is -2.13. The van der Waals surface area contributed by atoms with Crippen LogP contribution < -0.4 is 5.32 Å². The molecule has 7 heteroatoms. The summed E-state index contributed by atoms with van der Waals surface area (Å²) in [5.41, 5.74) is 0.412. The Bertz CT molecular complexity index is 456. The third-order valence-corrected chi connectivity index (χ3v) is 2.78. The summed E-state index contributed by atoms with van der Waals surface area (Å²) in [6.45, 7) is 3.53. The lowest BCUT2D eigenvalue weighted by Crippen LogP contribution is -2.37. The summed E-state index contributed by atoms with van der Waals surface area (Å²) in [6, 6.07) is 1.74. The lowest BCUT2D eigenvalue weighted by molar-refractivity contribution is -0.146. The molecule has 3 N–H and O–H groups in total. The van der Waals surface area contributed by atoms with Gasteiger partial charge in [0.2, 0.25) is 0 Å². The molecular weight excluding hydrogens is 304 g/mol. The van der Waals surface area contributed by atoms with Gasteiger partial charge >= 0.3 is 5.97 Å². The number of nitrogens with one attached hydrogen (secondary N) is 1. The summed E-state index contributed by atoms with van der Waals surface area (Å²) >= 11 is 3.28. The van der Waals surface area contributed by atoms with E-state index in [0.29, 0.717) is 5.69 Å². The molecule has 1 unspecified atom stereocenters. The number of aliphatic hydroxyl groups is 1. The van der Waals surface area contributed by atoms with Crippen LogP contribution in [-0.4, -0.2) is 39.3 Å². The molecule has 0 aliphatic rings. The molecule has 1 amide bonds. The molecular formula is C11H15BrN2O4. The fourth-order valence-electron chi connectivity index (χ4n) is 1.42. The van der Waals surface area contributed by atoms with Gasteiger partial charge in [0.25, 0.3) is 5.91 Å². The van der Waals surface area contributed by atoms with Crippen LogP contribution >= 0.6 is 15.9 Å². The van der Waals surface area contributed by atoms with Gasteiger partial charge in [-0.15, -0.1) is 0 Å². The van der Waals surface area contributed by atoms with Gasteiger partial charge in [0.05, 0.1) is 6.54 Å². The Hall–Kier alpha value is -1.34. The minimum Gasteiger partial charge on any atom is -0.479 e. The van der Waals surface area contributed by atoms with Crippen molar-refractivity contribution in [3.8, 4) is 0 Å². The van der Waals surface area contributed by atoms with Crippen molar-refractivity contribution in [3.63, 3.8) is 0 Å². The predicted molar refractivity (Wildman–Crippen MR) is 68.5 cm³/mol. The van der Waals surface area contributed by atoms with Crippen LogP contribution in [0.2, 0.25) is 0 Å². The molecule has 0 bridgehead atoms. The minimum absolute atomic E-state index is 0.0986. The van der Waals surface area contributed by atoms with E-state index in [-0.39, 0.29) is 12.6 Å². The van der Waals surface area contributed by atoms with Crippen molar-refractivity contribution < 1.29 is 19.8 Å². The van der Waals surface area contributed by atoms with E-state index in [1.807, 2.05) is 13.8 Å². The van der Waals surface area contributed by atoms with E-state index >= 15 is 0 Å². The molecule has 0 fully saturated rings. The van der Waals surface area contributed by atoms with Gasteiger partial charge < -0.3 is 20.1 Å². The molecule has 0 saturated carbocycles. The van der Waals surface area contributed by atoms with Gasteiger partial charge in [-0.1, -0.05) is 0 Å². The summed E-state index contributed by atoms with van der Waals surface area (Å²) in [7, 11) is 0. The van der Waals surface area contributed by atoms with E-state index in [1.54, 1.807) is 16.8 Å². The van der Waals surface area contributed by atoms with E-state index in [2.05, 4.69) is 21.2 Å². The third-order valence-electron chi connectivity index (χ3n) is 2.35. The summed E-state index contributed by atoms with van der Waals surface area (Å²) < 4.78 is 2.52. The Balaban J connectivity index is 2.75. The number of aromatic nitrogens is 1. The zero-order chi connectivity index (χ0) is 13.9. The molecule has 1 heterocycles. The van der Waals surface area contributed by atoms with Crippen molar-refractivity contribution in [1.82, 2.24) is 9.88 Å². The van der Waals surface area contributed by atoms with Crippen LogP contribution in [0.5, 0.6) is 0 Å². The minimum atomic E-state index is -1.60. The molecule has 100 valence electrons. The number of aliphatic hydroxyl groups excluding tert-OH is 1. The highest BCUT2D eigenvalue weighted by molar-refractivity contribution is 9.10. The van der Waals surface area contributed by atoms with Gasteiger partial charge in [0, 0.05) is 16.7 Å². The first-order valence-electron chi connectivity index (χ1n) is 5.39. The monoisotopic (exact) mass is 318 g/mol. The Morgan fingerprint density at radius 2 is 2.11 bits per heavy atom. The van der Waals surface area contributed by atoms with E-state index in [0.717, 1.165) is 4.47 Å². The van der Waals surface area contributed by atoms with Gasteiger partial charge in [-0.2, -0.15) is 0 Å². The van der Waals surface area contributed by atoms with Gasteiger partial charge in [0.1, 0.15) is 5.69 Å². The van der Waals surface area contributed by atoms with E-state index < -0.39 is 18.0 Å². The van der Waals surface area contributed by atoms with Crippen molar-refractivity contribution in [2.24, 2.45) is 0 Å². The SMILES string of the molecule is CC(C)n1cc(Br)cc1C(=O)NCC(O)C(=O)O. The Kier molecular flexibility index (Phi) is 4.92. The Morgan fingerprint density at radius 3 is 2.61 bits per heavy atom. The van der Waals surface area contributed by atoms with Crippen LogP contribution in [0, 0.1) is 0 Å². The molecule has 1 aromatic heterocycles. The third kappa shape index (κ3) is 3.58. The largest absolute Gasteiger partial charge is 0.479 e. The number of carboxylic acids is 1. The van der Waals surface area contributed by atoms with Crippen molar-refractivity contribution in [2.75, 3.05) is 6.54 Å². The van der Waals surface area contributed by atoms with Gasteiger partial charge in [-0.25, -0.2) is 4.79 Å². The molecule has 6 nitrogen and oxygen atoms in total. The molecule has 1 aromatic rings. The molecule has 0 aliphatic heterocycles. The zero-order valence-corrected chi connectivity index (χ0v) is 11.6. The molecule has 1 rings (SSSR count). The maximum atomic E-state index is 11.9. The van der Waals surface area contributed by atoms with Crippen LogP contribution in [0.1, 0.15) is 30.4 Å². The van der Waals surface area contributed by atoms with Crippen LogP contribution in [-0.2, 0) is 4.79 Å². The summed E-state index contributed by atoms with van der Waals surface area (Å²) in [4.78, 5) is 22.3. The summed E-state index contributed by atoms with van der Waals surface area (Å²) in [5, 5.41) is 20.0. The van der Waals surface area contributed by atoms with Crippen LogP contribution in [0.25, 0.3) is 0 Å². The number of hydrogen-bond acceptors (Lipinski definition) is 3. The molecule has 18 heavy (non-hydrogen) atoms. The molecule has 0 radical (unpaired) electrons. The second-order valence-corrected chi connectivity index (χ2v) is 5.02. The number of carbonyl (C=O) groups excluding carboxylic acids is 1. The van der Waals surface area contributed by atoms with Gasteiger partial charge in [0.15, 0.2) is 6.10 Å². The fraction of sp³-hybridized carbons (Fsp3) is 0.455. The Labute approximate surface area is 113 Å². The molecule has 0 aliphatic carbocycles. The number of aliphatic carboxylic acids is 1. The number of carbonyl (C=O) groups is 2. The number of hydrogen-bond donors (Lipinski definition) is 3. The van der Waals surface area contributed by atoms with Crippen molar-refractivity contribution >= 4 is 27.8 Å². The van der Waals surface area contributed by atoms with E-state index in [1.165, 1.54) is 0 Å². The molecule has 1 atom stereocenters. The highest BCUT2D eigenvalue weighted by Crippen LogP contribution is 2.19. The fourth-order valence-corrected chi connectivity index (χ4v) is 1.86.